The molecule has 27 heavy (non-hydrogen) atoms. The zero-order chi connectivity index (χ0) is 19.1. The first-order valence-electron chi connectivity index (χ1n) is 8.63. The van der Waals surface area contributed by atoms with E-state index in [9.17, 15) is 19.2 Å². The molecule has 0 aliphatic carbocycles. The van der Waals surface area contributed by atoms with Crippen LogP contribution in [-0.4, -0.2) is 41.1 Å². The Morgan fingerprint density at radius 2 is 1.59 bits per heavy atom. The van der Waals surface area contributed by atoms with Crippen molar-refractivity contribution in [2.75, 3.05) is 16.8 Å². The highest BCUT2D eigenvalue weighted by Gasteiger charge is 2.38. The van der Waals surface area contributed by atoms with Gasteiger partial charge in [0.2, 0.25) is 11.8 Å². The summed E-state index contributed by atoms with van der Waals surface area (Å²) in [4.78, 5) is 52.6. The molecule has 0 saturated heterocycles. The Hall–Kier alpha value is -3.48. The number of hydrogen-bond donors (Lipinski definition) is 1. The van der Waals surface area contributed by atoms with Gasteiger partial charge in [-0.1, -0.05) is 24.3 Å². The second-order valence-electron chi connectivity index (χ2n) is 6.62. The van der Waals surface area contributed by atoms with Crippen LogP contribution in [0.5, 0.6) is 0 Å². The molecule has 2 aromatic carbocycles. The van der Waals surface area contributed by atoms with Crippen LogP contribution >= 0.6 is 0 Å². The van der Waals surface area contributed by atoms with Crippen molar-refractivity contribution in [3.63, 3.8) is 0 Å². The third-order valence-corrected chi connectivity index (χ3v) is 4.80. The Morgan fingerprint density at radius 3 is 2.26 bits per heavy atom. The molecular formula is C20H17N3O4. The van der Waals surface area contributed by atoms with Crippen LogP contribution in [-0.2, 0) is 9.59 Å². The lowest BCUT2D eigenvalue weighted by Crippen LogP contribution is -2.46. The minimum absolute atomic E-state index is 0.128. The SMILES string of the molecule is C[C@H]1CC(=O)Nc2ccccc2N1C(=O)CN1C(=O)c2ccccc2C1=O. The molecule has 0 unspecified atom stereocenters. The lowest BCUT2D eigenvalue weighted by molar-refractivity contribution is -0.119. The summed E-state index contributed by atoms with van der Waals surface area (Å²) in [5, 5.41) is 2.78. The molecular weight excluding hydrogens is 346 g/mol. The van der Waals surface area contributed by atoms with Gasteiger partial charge in [-0.3, -0.25) is 24.1 Å². The van der Waals surface area contributed by atoms with E-state index >= 15 is 0 Å². The number of carbonyl (C=O) groups excluding carboxylic acids is 4. The molecule has 136 valence electrons. The molecule has 7 heteroatoms. The largest absolute Gasteiger partial charge is 0.324 e. The minimum Gasteiger partial charge on any atom is -0.324 e. The molecule has 7 nitrogen and oxygen atoms in total. The number of benzene rings is 2. The van der Waals surface area contributed by atoms with Gasteiger partial charge >= 0.3 is 0 Å². The van der Waals surface area contributed by atoms with Gasteiger partial charge in [-0.15, -0.1) is 0 Å². The van der Waals surface area contributed by atoms with Gasteiger partial charge in [-0.2, -0.15) is 0 Å². The van der Waals surface area contributed by atoms with Crippen LogP contribution in [0.3, 0.4) is 0 Å². The van der Waals surface area contributed by atoms with Gasteiger partial charge in [-0.05, 0) is 31.2 Å². The third kappa shape index (κ3) is 2.77. The summed E-state index contributed by atoms with van der Waals surface area (Å²) in [6.45, 7) is 1.39. The highest BCUT2D eigenvalue weighted by molar-refractivity contribution is 6.23. The van der Waals surface area contributed by atoms with Crippen molar-refractivity contribution in [2.24, 2.45) is 0 Å². The van der Waals surface area contributed by atoms with E-state index in [0.29, 0.717) is 22.5 Å². The number of fused-ring (bicyclic) bond motifs is 2. The van der Waals surface area contributed by atoms with Gasteiger partial charge in [0.15, 0.2) is 0 Å². The van der Waals surface area contributed by atoms with Crippen LogP contribution in [0.15, 0.2) is 48.5 Å². The average molecular weight is 363 g/mol. The first-order chi connectivity index (χ1) is 13.0. The summed E-state index contributed by atoms with van der Waals surface area (Å²) in [5.41, 5.74) is 1.69. The minimum atomic E-state index is -0.478. The van der Waals surface area contributed by atoms with Crippen molar-refractivity contribution in [2.45, 2.75) is 19.4 Å². The summed E-state index contributed by atoms with van der Waals surface area (Å²) in [5.74, 6) is -1.56. The van der Waals surface area contributed by atoms with Gasteiger partial charge in [0, 0.05) is 12.5 Å². The lowest BCUT2D eigenvalue weighted by Gasteiger charge is -2.29. The molecule has 0 saturated carbocycles. The van der Waals surface area contributed by atoms with E-state index < -0.39 is 23.8 Å². The number of amides is 4. The monoisotopic (exact) mass is 363 g/mol. The summed E-state index contributed by atoms with van der Waals surface area (Å²) < 4.78 is 0. The van der Waals surface area contributed by atoms with E-state index in [-0.39, 0.29) is 18.9 Å². The van der Waals surface area contributed by atoms with E-state index in [0.717, 1.165) is 4.90 Å². The molecule has 1 atom stereocenters. The van der Waals surface area contributed by atoms with Crippen molar-refractivity contribution in [1.82, 2.24) is 4.90 Å². The maximum absolute atomic E-state index is 13.1. The number of anilines is 2. The van der Waals surface area contributed by atoms with Crippen LogP contribution < -0.4 is 10.2 Å². The number of para-hydroxylation sites is 2. The molecule has 2 heterocycles. The molecule has 0 aromatic heterocycles. The summed E-state index contributed by atoms with van der Waals surface area (Å²) in [6.07, 6.45) is 0.128. The van der Waals surface area contributed by atoms with Crippen molar-refractivity contribution in [1.29, 1.82) is 0 Å². The van der Waals surface area contributed by atoms with Crippen molar-refractivity contribution < 1.29 is 19.2 Å². The second-order valence-corrected chi connectivity index (χ2v) is 6.62. The van der Waals surface area contributed by atoms with Gasteiger partial charge in [0.25, 0.3) is 11.8 Å². The molecule has 4 rings (SSSR count). The maximum Gasteiger partial charge on any atom is 0.262 e. The predicted molar refractivity (Wildman–Crippen MR) is 98.4 cm³/mol. The van der Waals surface area contributed by atoms with Crippen LogP contribution in [0.2, 0.25) is 0 Å². The Labute approximate surface area is 155 Å². The van der Waals surface area contributed by atoms with Crippen molar-refractivity contribution >= 4 is 35.0 Å². The van der Waals surface area contributed by atoms with Gasteiger partial charge < -0.3 is 10.2 Å². The Kier molecular flexibility index (Phi) is 3.99. The second kappa shape index (κ2) is 6.35. The summed E-state index contributed by atoms with van der Waals surface area (Å²) in [7, 11) is 0. The Morgan fingerprint density at radius 1 is 1.00 bits per heavy atom. The van der Waals surface area contributed by atoms with Crippen LogP contribution in [0.4, 0.5) is 11.4 Å². The standard InChI is InChI=1S/C20H17N3O4/c1-12-10-17(24)21-15-8-4-5-9-16(15)23(12)18(25)11-22-19(26)13-6-2-3-7-14(13)20(22)27/h2-9,12H,10-11H2,1H3,(H,21,24)/t12-/m0/s1. The first kappa shape index (κ1) is 17.0. The zero-order valence-corrected chi connectivity index (χ0v) is 14.6. The number of imide groups is 1. The quantitative estimate of drug-likeness (QED) is 0.828. The van der Waals surface area contributed by atoms with Gasteiger partial charge in [0.1, 0.15) is 6.54 Å². The number of nitrogens with zero attached hydrogens (tertiary/aromatic N) is 2. The fraction of sp³-hybridized carbons (Fsp3) is 0.200. The number of hydrogen-bond acceptors (Lipinski definition) is 4. The van der Waals surface area contributed by atoms with E-state index in [1.165, 1.54) is 4.90 Å². The molecule has 2 aromatic rings. The zero-order valence-electron chi connectivity index (χ0n) is 14.6. The van der Waals surface area contributed by atoms with E-state index in [1.807, 2.05) is 0 Å². The smallest absolute Gasteiger partial charge is 0.262 e. The van der Waals surface area contributed by atoms with Gasteiger partial charge in [0.05, 0.1) is 22.5 Å². The average Bonchev–Trinajstić information content (AvgIpc) is 2.80. The maximum atomic E-state index is 13.1. The molecule has 0 radical (unpaired) electrons. The lowest BCUT2D eigenvalue weighted by atomic mass is 10.1. The number of rotatable bonds is 2. The third-order valence-electron chi connectivity index (χ3n) is 4.80. The molecule has 2 aliphatic heterocycles. The topological polar surface area (TPSA) is 86.8 Å². The van der Waals surface area contributed by atoms with Crippen LogP contribution in [0, 0.1) is 0 Å². The number of carbonyl (C=O) groups is 4. The van der Waals surface area contributed by atoms with Crippen molar-refractivity contribution in [3.05, 3.63) is 59.7 Å². The Bertz CT molecular complexity index is 950. The van der Waals surface area contributed by atoms with Crippen LogP contribution in [0.1, 0.15) is 34.1 Å². The Balaban J connectivity index is 1.65. The highest BCUT2D eigenvalue weighted by atomic mass is 16.2. The first-order valence-corrected chi connectivity index (χ1v) is 8.63. The van der Waals surface area contributed by atoms with E-state index in [1.54, 1.807) is 55.5 Å². The van der Waals surface area contributed by atoms with Crippen molar-refractivity contribution in [3.8, 4) is 0 Å². The van der Waals surface area contributed by atoms with E-state index in [2.05, 4.69) is 5.32 Å². The molecule has 0 spiro atoms. The van der Waals surface area contributed by atoms with E-state index in [4.69, 9.17) is 0 Å². The molecule has 0 fully saturated rings. The molecule has 2 aliphatic rings. The molecule has 1 N–H and O–H groups in total. The van der Waals surface area contributed by atoms with Crippen LogP contribution in [0.25, 0.3) is 0 Å². The summed E-state index contributed by atoms with van der Waals surface area (Å²) in [6, 6.07) is 13.1. The highest BCUT2D eigenvalue weighted by Crippen LogP contribution is 2.32. The molecule has 0 bridgehead atoms. The predicted octanol–water partition coefficient (Wildman–Crippen LogP) is 2.05. The fourth-order valence-corrected chi connectivity index (χ4v) is 3.56. The molecule has 4 amide bonds. The summed E-state index contributed by atoms with van der Waals surface area (Å²) >= 11 is 0. The fourth-order valence-electron chi connectivity index (χ4n) is 3.56. The number of nitrogens with one attached hydrogen (secondary N) is 1. The van der Waals surface area contributed by atoms with Gasteiger partial charge in [-0.25, -0.2) is 0 Å². The normalized spacial score (nSPS) is 18.7.